The van der Waals surface area contributed by atoms with Crippen LogP contribution in [0.25, 0.3) is 0 Å². The minimum absolute atomic E-state index is 0.270. The van der Waals surface area contributed by atoms with E-state index < -0.39 is 0 Å². The van der Waals surface area contributed by atoms with Crippen molar-refractivity contribution in [3.63, 3.8) is 0 Å². The molecule has 3 atom stereocenters. The molecule has 1 fully saturated rings. The van der Waals surface area contributed by atoms with Gasteiger partial charge in [0.05, 0.1) is 12.2 Å². The number of nitrogens with one attached hydrogen (secondary N) is 1. The van der Waals surface area contributed by atoms with E-state index in [0.717, 1.165) is 31.6 Å². The molecule has 0 saturated carbocycles. The van der Waals surface area contributed by atoms with E-state index in [1.807, 2.05) is 0 Å². The van der Waals surface area contributed by atoms with Crippen molar-refractivity contribution in [3.05, 3.63) is 29.3 Å². The van der Waals surface area contributed by atoms with E-state index in [1.54, 1.807) is 0 Å². The highest BCUT2D eigenvalue weighted by atomic mass is 16.5. The van der Waals surface area contributed by atoms with E-state index in [2.05, 4.69) is 37.4 Å². The predicted molar refractivity (Wildman–Crippen MR) is 84.9 cm³/mol. The van der Waals surface area contributed by atoms with Crippen molar-refractivity contribution in [2.45, 2.75) is 64.2 Å². The summed E-state index contributed by atoms with van der Waals surface area (Å²) < 4.78 is 11.9. The highest BCUT2D eigenvalue weighted by Gasteiger charge is 2.26. The summed E-state index contributed by atoms with van der Waals surface area (Å²) in [6.45, 7) is 6.13. The van der Waals surface area contributed by atoms with Crippen LogP contribution in [0.15, 0.2) is 18.2 Å². The minimum atomic E-state index is 0.270. The van der Waals surface area contributed by atoms with Gasteiger partial charge in [-0.05, 0) is 62.8 Å². The van der Waals surface area contributed by atoms with Crippen LogP contribution in [0.4, 0.5) is 0 Å². The lowest BCUT2D eigenvalue weighted by atomic mass is 10.1. The summed E-state index contributed by atoms with van der Waals surface area (Å²) in [5, 5.41) is 3.64. The predicted octanol–water partition coefficient (Wildman–Crippen LogP) is 3.62. The molecule has 2 aliphatic rings. The van der Waals surface area contributed by atoms with Crippen molar-refractivity contribution in [1.29, 1.82) is 0 Å². The lowest BCUT2D eigenvalue weighted by Gasteiger charge is -2.16. The molecule has 0 bridgehead atoms. The van der Waals surface area contributed by atoms with E-state index >= 15 is 0 Å². The standard InChI is InChI=1S/C18H27NO2/c1-3-11-19-17-10-9-16-15(17)5-4-6-18(16)20-12-14-8-7-13(2)21-14/h4-6,13-14,17,19H,3,7-12H2,1-2H3. The van der Waals surface area contributed by atoms with Crippen molar-refractivity contribution >= 4 is 0 Å². The van der Waals surface area contributed by atoms with Gasteiger partial charge < -0.3 is 14.8 Å². The molecule has 0 spiro atoms. The molecular weight excluding hydrogens is 262 g/mol. The number of hydrogen-bond donors (Lipinski definition) is 1. The van der Waals surface area contributed by atoms with Gasteiger partial charge in [0.25, 0.3) is 0 Å². The first kappa shape index (κ1) is 14.9. The molecule has 0 radical (unpaired) electrons. The molecule has 21 heavy (non-hydrogen) atoms. The number of rotatable bonds is 6. The van der Waals surface area contributed by atoms with Crippen LogP contribution in [-0.2, 0) is 11.2 Å². The highest BCUT2D eigenvalue weighted by Crippen LogP contribution is 2.37. The van der Waals surface area contributed by atoms with Gasteiger partial charge in [-0.25, -0.2) is 0 Å². The molecule has 0 amide bonds. The molecule has 3 heteroatoms. The van der Waals surface area contributed by atoms with Crippen molar-refractivity contribution in [1.82, 2.24) is 5.32 Å². The lowest BCUT2D eigenvalue weighted by molar-refractivity contribution is 0.0263. The third-order valence-corrected chi connectivity index (χ3v) is 4.61. The molecule has 3 unspecified atom stereocenters. The van der Waals surface area contributed by atoms with Gasteiger partial charge >= 0.3 is 0 Å². The first-order valence-corrected chi connectivity index (χ1v) is 8.41. The zero-order chi connectivity index (χ0) is 14.7. The summed E-state index contributed by atoms with van der Waals surface area (Å²) >= 11 is 0. The molecule has 1 aromatic carbocycles. The van der Waals surface area contributed by atoms with Crippen molar-refractivity contribution in [2.75, 3.05) is 13.2 Å². The molecule has 1 saturated heterocycles. The molecule has 0 aromatic heterocycles. The van der Waals surface area contributed by atoms with Gasteiger partial charge in [-0.3, -0.25) is 0 Å². The average Bonchev–Trinajstić information content (AvgIpc) is 3.09. The number of benzene rings is 1. The Balaban J connectivity index is 1.63. The highest BCUT2D eigenvalue weighted by molar-refractivity contribution is 5.45. The monoisotopic (exact) mass is 289 g/mol. The maximum absolute atomic E-state index is 6.08. The minimum Gasteiger partial charge on any atom is -0.491 e. The fourth-order valence-corrected chi connectivity index (χ4v) is 3.48. The Morgan fingerprint density at radius 3 is 2.95 bits per heavy atom. The normalized spacial score (nSPS) is 27.8. The van der Waals surface area contributed by atoms with Crippen LogP contribution in [-0.4, -0.2) is 25.4 Å². The maximum Gasteiger partial charge on any atom is 0.122 e. The topological polar surface area (TPSA) is 30.5 Å². The number of fused-ring (bicyclic) bond motifs is 1. The molecule has 1 heterocycles. The van der Waals surface area contributed by atoms with Crippen molar-refractivity contribution in [2.24, 2.45) is 0 Å². The van der Waals surface area contributed by atoms with E-state index in [0.29, 0.717) is 18.8 Å². The van der Waals surface area contributed by atoms with Crippen LogP contribution in [0, 0.1) is 0 Å². The third kappa shape index (κ3) is 3.41. The van der Waals surface area contributed by atoms with Crippen molar-refractivity contribution in [3.8, 4) is 5.75 Å². The van der Waals surface area contributed by atoms with Gasteiger partial charge in [0.15, 0.2) is 0 Å². The zero-order valence-electron chi connectivity index (χ0n) is 13.2. The lowest BCUT2D eigenvalue weighted by Crippen LogP contribution is -2.20. The van der Waals surface area contributed by atoms with Crippen LogP contribution in [0.2, 0.25) is 0 Å². The Kier molecular flexibility index (Phi) is 4.81. The van der Waals surface area contributed by atoms with E-state index in [-0.39, 0.29) is 6.10 Å². The average molecular weight is 289 g/mol. The Morgan fingerprint density at radius 1 is 1.29 bits per heavy atom. The van der Waals surface area contributed by atoms with E-state index in [9.17, 15) is 0 Å². The molecule has 3 rings (SSSR count). The quantitative estimate of drug-likeness (QED) is 0.867. The second-order valence-electron chi connectivity index (χ2n) is 6.33. The SMILES string of the molecule is CCCNC1CCc2c(OCC3CCC(C)O3)cccc21. The Labute approximate surface area is 128 Å². The largest absolute Gasteiger partial charge is 0.491 e. The molecular formula is C18H27NO2. The summed E-state index contributed by atoms with van der Waals surface area (Å²) in [7, 11) is 0. The van der Waals surface area contributed by atoms with Gasteiger partial charge in [0.2, 0.25) is 0 Å². The molecule has 1 N–H and O–H groups in total. The van der Waals surface area contributed by atoms with Crippen LogP contribution in [0.3, 0.4) is 0 Å². The summed E-state index contributed by atoms with van der Waals surface area (Å²) in [4.78, 5) is 0. The summed E-state index contributed by atoms with van der Waals surface area (Å²) in [5.41, 5.74) is 2.83. The van der Waals surface area contributed by atoms with Gasteiger partial charge in [-0.1, -0.05) is 19.1 Å². The second-order valence-corrected chi connectivity index (χ2v) is 6.33. The van der Waals surface area contributed by atoms with Crippen LogP contribution >= 0.6 is 0 Å². The van der Waals surface area contributed by atoms with Crippen LogP contribution in [0.5, 0.6) is 5.75 Å². The van der Waals surface area contributed by atoms with Gasteiger partial charge in [-0.2, -0.15) is 0 Å². The second kappa shape index (κ2) is 6.80. The maximum atomic E-state index is 6.08. The third-order valence-electron chi connectivity index (χ3n) is 4.61. The van der Waals surface area contributed by atoms with Gasteiger partial charge in [-0.15, -0.1) is 0 Å². The van der Waals surface area contributed by atoms with Crippen LogP contribution in [0.1, 0.15) is 56.7 Å². The van der Waals surface area contributed by atoms with E-state index in [4.69, 9.17) is 9.47 Å². The number of ether oxygens (including phenoxy) is 2. The fraction of sp³-hybridized carbons (Fsp3) is 0.667. The number of hydrogen-bond acceptors (Lipinski definition) is 3. The van der Waals surface area contributed by atoms with Gasteiger partial charge in [0, 0.05) is 6.04 Å². The van der Waals surface area contributed by atoms with Crippen molar-refractivity contribution < 1.29 is 9.47 Å². The summed E-state index contributed by atoms with van der Waals surface area (Å²) in [6.07, 6.45) is 6.43. The smallest absolute Gasteiger partial charge is 0.122 e. The molecule has 1 aromatic rings. The first-order chi connectivity index (χ1) is 10.3. The van der Waals surface area contributed by atoms with Gasteiger partial charge in [0.1, 0.15) is 12.4 Å². The first-order valence-electron chi connectivity index (χ1n) is 8.41. The molecule has 3 nitrogen and oxygen atoms in total. The zero-order valence-corrected chi connectivity index (χ0v) is 13.2. The Morgan fingerprint density at radius 2 is 2.19 bits per heavy atom. The Bertz CT molecular complexity index is 474. The molecule has 116 valence electrons. The van der Waals surface area contributed by atoms with Crippen LogP contribution < -0.4 is 10.1 Å². The Hall–Kier alpha value is -1.06. The summed E-state index contributed by atoms with van der Waals surface area (Å²) in [6, 6.07) is 6.99. The van der Waals surface area contributed by atoms with E-state index in [1.165, 1.54) is 24.0 Å². The molecule has 1 aliphatic heterocycles. The molecule has 1 aliphatic carbocycles. The summed E-state index contributed by atoms with van der Waals surface area (Å²) in [5.74, 6) is 1.07. The fourth-order valence-electron chi connectivity index (χ4n) is 3.48.